The van der Waals surface area contributed by atoms with E-state index >= 15 is 0 Å². The number of hydrogen-bond acceptors (Lipinski definition) is 3. The minimum Gasteiger partial charge on any atom is -0.366 e. The zero-order valence-corrected chi connectivity index (χ0v) is 12.2. The summed E-state index contributed by atoms with van der Waals surface area (Å²) in [5.41, 5.74) is 3.43. The summed E-state index contributed by atoms with van der Waals surface area (Å²) in [4.78, 5) is 8.17. The molecule has 0 fully saturated rings. The van der Waals surface area contributed by atoms with Crippen LogP contribution in [0.25, 0.3) is 0 Å². The molecule has 0 aliphatic heterocycles. The van der Waals surface area contributed by atoms with Crippen molar-refractivity contribution in [2.45, 2.75) is 33.2 Å². The molecule has 0 unspecified atom stereocenters. The Hall–Kier alpha value is -1.61. The molecule has 0 saturated heterocycles. The first kappa shape index (κ1) is 13.8. The van der Waals surface area contributed by atoms with Crippen LogP contribution in [0.1, 0.15) is 36.6 Å². The van der Waals surface area contributed by atoms with E-state index in [1.54, 1.807) is 0 Å². The van der Waals surface area contributed by atoms with Crippen molar-refractivity contribution in [1.29, 1.82) is 0 Å². The molecule has 0 amide bonds. The van der Waals surface area contributed by atoms with E-state index in [1.165, 1.54) is 11.1 Å². The van der Waals surface area contributed by atoms with Crippen molar-refractivity contribution in [3.63, 3.8) is 0 Å². The molecule has 19 heavy (non-hydrogen) atoms. The van der Waals surface area contributed by atoms with Gasteiger partial charge in [-0.25, -0.2) is 9.97 Å². The highest BCUT2D eigenvalue weighted by atomic mass is 35.5. The number of nitrogens with zero attached hydrogens (tertiary/aromatic N) is 2. The predicted octanol–water partition coefficient (Wildman–Crippen LogP) is 4.17. The molecule has 1 heterocycles. The Balaban J connectivity index is 2.02. The summed E-state index contributed by atoms with van der Waals surface area (Å²) in [5.74, 6) is 1.32. The Bertz CT molecular complexity index is 530. The molecule has 0 aliphatic rings. The summed E-state index contributed by atoms with van der Waals surface area (Å²) in [6, 6.07) is 10.5. The number of nitrogens with one attached hydrogen (secondary N) is 1. The average molecular weight is 276 g/mol. The highest BCUT2D eigenvalue weighted by molar-refractivity contribution is 6.28. The molecule has 2 rings (SSSR count). The lowest BCUT2D eigenvalue weighted by molar-refractivity contribution is 0.865. The van der Waals surface area contributed by atoms with Crippen LogP contribution in [-0.2, 0) is 6.54 Å². The summed E-state index contributed by atoms with van der Waals surface area (Å²) in [6.45, 7) is 7.01. The third-order valence-electron chi connectivity index (χ3n) is 2.95. The van der Waals surface area contributed by atoms with Gasteiger partial charge in [-0.1, -0.05) is 38.1 Å². The third-order valence-corrected chi connectivity index (χ3v) is 3.12. The fourth-order valence-corrected chi connectivity index (χ4v) is 2.06. The Kier molecular flexibility index (Phi) is 4.38. The smallest absolute Gasteiger partial charge is 0.224 e. The van der Waals surface area contributed by atoms with Crippen LogP contribution in [0.2, 0.25) is 5.28 Å². The van der Waals surface area contributed by atoms with Crippen LogP contribution in [0.5, 0.6) is 0 Å². The minimum atomic E-state index is 0.276. The maximum atomic E-state index is 5.83. The highest BCUT2D eigenvalue weighted by Crippen LogP contribution is 2.16. The normalized spacial score (nSPS) is 10.8. The molecular formula is C15H18ClN3. The number of aromatic nitrogens is 2. The summed E-state index contributed by atoms with van der Waals surface area (Å²) in [5, 5.41) is 3.53. The van der Waals surface area contributed by atoms with Crippen molar-refractivity contribution in [1.82, 2.24) is 9.97 Å². The summed E-state index contributed by atoms with van der Waals surface area (Å²) in [6.07, 6.45) is 0. The number of halogens is 1. The van der Waals surface area contributed by atoms with Gasteiger partial charge in [-0.2, -0.15) is 0 Å². The lowest BCUT2D eigenvalue weighted by Gasteiger charge is -2.09. The first-order valence-electron chi connectivity index (χ1n) is 6.38. The SMILES string of the molecule is Cc1cc(NCc2ccc(C(C)C)cc2)nc(Cl)n1. The van der Waals surface area contributed by atoms with Crippen LogP contribution in [0.3, 0.4) is 0 Å². The number of hydrogen-bond donors (Lipinski definition) is 1. The van der Waals surface area contributed by atoms with Crippen molar-refractivity contribution < 1.29 is 0 Å². The Morgan fingerprint density at radius 3 is 2.42 bits per heavy atom. The molecule has 3 nitrogen and oxygen atoms in total. The van der Waals surface area contributed by atoms with Crippen LogP contribution in [-0.4, -0.2) is 9.97 Å². The van der Waals surface area contributed by atoms with E-state index in [1.807, 2.05) is 13.0 Å². The molecule has 4 heteroatoms. The zero-order valence-electron chi connectivity index (χ0n) is 11.4. The molecule has 1 aromatic carbocycles. The second-order valence-corrected chi connectivity index (χ2v) is 5.25. The number of benzene rings is 1. The van der Waals surface area contributed by atoms with Gasteiger partial charge < -0.3 is 5.32 Å². The highest BCUT2D eigenvalue weighted by Gasteiger charge is 2.01. The summed E-state index contributed by atoms with van der Waals surface area (Å²) < 4.78 is 0. The topological polar surface area (TPSA) is 37.8 Å². The van der Waals surface area contributed by atoms with E-state index in [0.717, 1.165) is 18.1 Å². The molecule has 0 spiro atoms. The first-order valence-corrected chi connectivity index (χ1v) is 6.76. The van der Waals surface area contributed by atoms with Crippen molar-refractivity contribution >= 4 is 17.4 Å². The van der Waals surface area contributed by atoms with E-state index in [-0.39, 0.29) is 5.28 Å². The van der Waals surface area contributed by atoms with E-state index in [2.05, 4.69) is 53.4 Å². The molecule has 0 saturated carbocycles. The molecule has 1 aromatic heterocycles. The number of aryl methyl sites for hydroxylation is 1. The largest absolute Gasteiger partial charge is 0.366 e. The monoisotopic (exact) mass is 275 g/mol. The molecule has 0 radical (unpaired) electrons. The standard InChI is InChI=1S/C15H18ClN3/c1-10(2)13-6-4-12(5-7-13)9-17-14-8-11(3)18-15(16)19-14/h4-8,10H,9H2,1-3H3,(H,17,18,19). The lowest BCUT2D eigenvalue weighted by Crippen LogP contribution is -2.03. The molecule has 2 aromatic rings. The maximum Gasteiger partial charge on any atom is 0.224 e. The molecule has 1 N–H and O–H groups in total. The van der Waals surface area contributed by atoms with Crippen molar-refractivity contribution in [2.75, 3.05) is 5.32 Å². The summed E-state index contributed by atoms with van der Waals surface area (Å²) >= 11 is 5.83. The molecule has 100 valence electrons. The summed E-state index contributed by atoms with van der Waals surface area (Å²) in [7, 11) is 0. The quantitative estimate of drug-likeness (QED) is 0.851. The fraction of sp³-hybridized carbons (Fsp3) is 0.333. The Labute approximate surface area is 119 Å². The van der Waals surface area contributed by atoms with Gasteiger partial charge in [-0.15, -0.1) is 0 Å². The van der Waals surface area contributed by atoms with Crippen molar-refractivity contribution in [3.8, 4) is 0 Å². The third kappa shape index (κ3) is 3.93. The Morgan fingerprint density at radius 2 is 1.84 bits per heavy atom. The van der Waals surface area contributed by atoms with E-state index in [4.69, 9.17) is 11.6 Å². The van der Waals surface area contributed by atoms with Gasteiger partial charge in [0.1, 0.15) is 5.82 Å². The zero-order chi connectivity index (χ0) is 13.8. The van der Waals surface area contributed by atoms with Gasteiger partial charge in [-0.05, 0) is 35.6 Å². The van der Waals surface area contributed by atoms with Crippen LogP contribution in [0.15, 0.2) is 30.3 Å². The number of rotatable bonds is 4. The average Bonchev–Trinajstić information content (AvgIpc) is 2.36. The second-order valence-electron chi connectivity index (χ2n) is 4.91. The van der Waals surface area contributed by atoms with E-state index in [0.29, 0.717) is 5.92 Å². The lowest BCUT2D eigenvalue weighted by atomic mass is 10.0. The predicted molar refractivity (Wildman–Crippen MR) is 79.6 cm³/mol. The van der Waals surface area contributed by atoms with Gasteiger partial charge in [0.25, 0.3) is 0 Å². The minimum absolute atomic E-state index is 0.276. The van der Waals surface area contributed by atoms with Gasteiger partial charge in [0, 0.05) is 18.3 Å². The molecule has 0 atom stereocenters. The second kappa shape index (κ2) is 6.02. The van der Waals surface area contributed by atoms with Gasteiger partial charge in [0.2, 0.25) is 5.28 Å². The van der Waals surface area contributed by atoms with Crippen LogP contribution < -0.4 is 5.32 Å². The van der Waals surface area contributed by atoms with Crippen molar-refractivity contribution in [3.05, 3.63) is 52.4 Å². The van der Waals surface area contributed by atoms with Crippen LogP contribution >= 0.6 is 11.6 Å². The van der Waals surface area contributed by atoms with Crippen LogP contribution in [0, 0.1) is 6.92 Å². The van der Waals surface area contributed by atoms with Gasteiger partial charge in [0.15, 0.2) is 0 Å². The van der Waals surface area contributed by atoms with Crippen LogP contribution in [0.4, 0.5) is 5.82 Å². The number of anilines is 1. The molecular weight excluding hydrogens is 258 g/mol. The van der Waals surface area contributed by atoms with Gasteiger partial charge in [-0.3, -0.25) is 0 Å². The van der Waals surface area contributed by atoms with Gasteiger partial charge in [0.05, 0.1) is 0 Å². The molecule has 0 bridgehead atoms. The fourth-order valence-electron chi connectivity index (χ4n) is 1.84. The van der Waals surface area contributed by atoms with E-state index in [9.17, 15) is 0 Å². The van der Waals surface area contributed by atoms with E-state index < -0.39 is 0 Å². The Morgan fingerprint density at radius 1 is 1.16 bits per heavy atom. The molecule has 0 aliphatic carbocycles. The van der Waals surface area contributed by atoms with Crippen molar-refractivity contribution in [2.24, 2.45) is 0 Å². The first-order chi connectivity index (χ1) is 9.04. The maximum absolute atomic E-state index is 5.83. The van der Waals surface area contributed by atoms with Gasteiger partial charge >= 0.3 is 0 Å².